The van der Waals surface area contributed by atoms with Gasteiger partial charge in [0.25, 0.3) is 0 Å². The van der Waals surface area contributed by atoms with Crippen molar-refractivity contribution in [2.24, 2.45) is 50.7 Å². The first-order chi connectivity index (χ1) is 21.8. The van der Waals surface area contributed by atoms with E-state index in [2.05, 4.69) is 34.6 Å². The van der Waals surface area contributed by atoms with Gasteiger partial charge in [-0.15, -0.1) is 0 Å². The van der Waals surface area contributed by atoms with Crippen LogP contribution in [0.4, 0.5) is 0 Å². The first-order valence-corrected chi connectivity index (χ1v) is 18.4. The maximum atomic E-state index is 11.8. The van der Waals surface area contributed by atoms with E-state index in [0.717, 1.165) is 38.5 Å². The van der Waals surface area contributed by atoms with Crippen LogP contribution in [0.25, 0.3) is 0 Å². The molecule has 0 aromatic heterocycles. The van der Waals surface area contributed by atoms with E-state index in [9.17, 15) is 25.2 Å². The number of rotatable bonds is 3. The third kappa shape index (κ3) is 3.99. The molecule has 3 heterocycles. The summed E-state index contributed by atoms with van der Waals surface area (Å²) in [6.45, 7) is 16.8. The van der Waals surface area contributed by atoms with Gasteiger partial charge in [0.05, 0.1) is 24.4 Å². The van der Waals surface area contributed by atoms with Crippen molar-refractivity contribution >= 4 is 5.97 Å². The number of aliphatic hydroxyl groups is 4. The van der Waals surface area contributed by atoms with Gasteiger partial charge in [-0.1, -0.05) is 34.6 Å². The molecule has 2 spiro atoms. The highest BCUT2D eigenvalue weighted by Crippen LogP contribution is 2.89. The number of ether oxygens (including phenoxy) is 5. The van der Waals surface area contributed by atoms with Crippen molar-refractivity contribution in [1.29, 1.82) is 0 Å². The highest BCUT2D eigenvalue weighted by atomic mass is 16.7. The Labute approximate surface area is 279 Å². The van der Waals surface area contributed by atoms with E-state index in [1.807, 2.05) is 13.8 Å². The van der Waals surface area contributed by atoms with Crippen LogP contribution in [0.3, 0.4) is 0 Å². The van der Waals surface area contributed by atoms with Crippen LogP contribution in [0, 0.1) is 50.7 Å². The van der Waals surface area contributed by atoms with Crippen LogP contribution in [0.1, 0.15) is 107 Å². The summed E-state index contributed by atoms with van der Waals surface area (Å²) in [5, 5.41) is 44.5. The van der Waals surface area contributed by atoms with Gasteiger partial charge in [0.15, 0.2) is 12.4 Å². The minimum atomic E-state index is -1.68. The van der Waals surface area contributed by atoms with Crippen LogP contribution in [-0.2, 0) is 28.5 Å². The number of hydrogen-bond donors (Lipinski definition) is 4. The first-order valence-electron chi connectivity index (χ1n) is 18.4. The van der Waals surface area contributed by atoms with E-state index in [0.29, 0.717) is 11.8 Å². The van der Waals surface area contributed by atoms with Crippen molar-refractivity contribution in [1.82, 2.24) is 0 Å². The Hall–Kier alpha value is -0.850. The van der Waals surface area contributed by atoms with Crippen LogP contribution < -0.4 is 0 Å². The van der Waals surface area contributed by atoms with Gasteiger partial charge in [0.1, 0.15) is 24.4 Å². The van der Waals surface area contributed by atoms with Crippen LogP contribution in [-0.4, -0.2) is 93.4 Å². The quantitative estimate of drug-likeness (QED) is 0.261. The highest BCUT2D eigenvalue weighted by molar-refractivity contribution is 5.66. The smallest absolute Gasteiger partial charge is 0.303 e. The fourth-order valence-corrected chi connectivity index (χ4v) is 14.2. The summed E-state index contributed by atoms with van der Waals surface area (Å²) in [5.41, 5.74) is -0.395. The number of carbonyl (C=O) groups excluding carboxylic acids is 1. The first kappa shape index (κ1) is 33.3. The summed E-state index contributed by atoms with van der Waals surface area (Å²) in [7, 11) is 0. The average Bonchev–Trinajstić information content (AvgIpc) is 3.53. The van der Waals surface area contributed by atoms with Gasteiger partial charge in [0, 0.05) is 6.92 Å². The summed E-state index contributed by atoms with van der Waals surface area (Å²) in [4.78, 5) is 11.4. The van der Waals surface area contributed by atoms with Gasteiger partial charge in [-0.3, -0.25) is 4.79 Å². The highest BCUT2D eigenvalue weighted by Gasteiger charge is 2.84. The molecule has 0 amide bonds. The molecule has 5 saturated carbocycles. The largest absolute Gasteiger partial charge is 0.457 e. The number of fused-ring (bicyclic) bond motifs is 5. The molecule has 3 saturated heterocycles. The molecule has 0 radical (unpaired) electrons. The Balaban J connectivity index is 1.02. The Morgan fingerprint density at radius 3 is 2.23 bits per heavy atom. The van der Waals surface area contributed by atoms with E-state index in [1.54, 1.807) is 0 Å². The van der Waals surface area contributed by atoms with Crippen molar-refractivity contribution in [2.75, 3.05) is 6.61 Å². The molecule has 0 aromatic rings. The summed E-state index contributed by atoms with van der Waals surface area (Å²) in [6.07, 6.45) is 2.34. The zero-order valence-corrected chi connectivity index (χ0v) is 29.5. The molecule has 4 N–H and O–H groups in total. The van der Waals surface area contributed by atoms with Crippen molar-refractivity contribution in [3.8, 4) is 0 Å². The maximum Gasteiger partial charge on any atom is 0.303 e. The van der Waals surface area contributed by atoms with E-state index in [1.165, 1.54) is 19.8 Å². The van der Waals surface area contributed by atoms with E-state index in [-0.39, 0.29) is 57.7 Å². The lowest BCUT2D eigenvalue weighted by atomic mass is 9.41. The van der Waals surface area contributed by atoms with E-state index < -0.39 is 54.2 Å². The number of esters is 1. The van der Waals surface area contributed by atoms with Crippen molar-refractivity contribution < 1.29 is 48.9 Å². The second kappa shape index (κ2) is 9.93. The number of carbonyl (C=O) groups is 1. The molecule has 10 heteroatoms. The number of aliphatic hydroxyl groups excluding tert-OH is 3. The lowest BCUT2D eigenvalue weighted by Gasteiger charge is -2.63. The second-order valence-corrected chi connectivity index (χ2v) is 18.9. The average molecular weight is 663 g/mol. The minimum Gasteiger partial charge on any atom is -0.457 e. The van der Waals surface area contributed by atoms with Gasteiger partial charge < -0.3 is 44.1 Å². The summed E-state index contributed by atoms with van der Waals surface area (Å²) in [6, 6.07) is 0. The van der Waals surface area contributed by atoms with E-state index in [4.69, 9.17) is 23.7 Å². The molecule has 10 nitrogen and oxygen atoms in total. The molecule has 5 aliphatic carbocycles. The molecule has 266 valence electrons. The molecule has 3 aliphatic heterocycles. The van der Waals surface area contributed by atoms with Gasteiger partial charge in [0.2, 0.25) is 5.79 Å². The minimum absolute atomic E-state index is 0.0174. The van der Waals surface area contributed by atoms with Crippen LogP contribution in [0.15, 0.2) is 0 Å². The summed E-state index contributed by atoms with van der Waals surface area (Å²) < 4.78 is 30.5. The van der Waals surface area contributed by atoms with Crippen molar-refractivity contribution in [3.63, 3.8) is 0 Å². The molecule has 0 unspecified atom stereocenters. The maximum absolute atomic E-state index is 11.8. The summed E-state index contributed by atoms with van der Waals surface area (Å²) >= 11 is 0. The zero-order chi connectivity index (χ0) is 33.9. The molecular formula is C37H58O10. The Morgan fingerprint density at radius 1 is 0.851 bits per heavy atom. The SMILES string of the molecule is CC(=O)O[C@H]1CO[C@@H](O[C@H]2CC[C@@]34C[C@@]35CC[C@@]3(C)[C@@H]6[C@@H](C)[C@@H]7OC(C)(C)[C@H](O)[C@]7(O)O[C@@H]6C[C@@]3(C)[C@H]5CC[C@H]4C2(C)C)[C@H](O)[C@H]1O. The molecule has 8 fully saturated rings. The lowest BCUT2D eigenvalue weighted by molar-refractivity contribution is -0.327. The normalized spacial score (nSPS) is 59.8. The lowest BCUT2D eigenvalue weighted by Crippen LogP contribution is -2.63. The second-order valence-electron chi connectivity index (χ2n) is 18.9. The fourth-order valence-electron chi connectivity index (χ4n) is 14.2. The number of hydrogen-bond acceptors (Lipinski definition) is 10. The van der Waals surface area contributed by atoms with Gasteiger partial charge in [-0.05, 0) is 116 Å². The summed E-state index contributed by atoms with van der Waals surface area (Å²) in [5.74, 6) is -0.857. The van der Waals surface area contributed by atoms with Crippen molar-refractivity contribution in [2.45, 2.75) is 167 Å². The molecule has 17 atom stereocenters. The Bertz CT molecular complexity index is 1320. The Kier molecular flexibility index (Phi) is 7.03. The monoisotopic (exact) mass is 662 g/mol. The zero-order valence-electron chi connectivity index (χ0n) is 29.5. The van der Waals surface area contributed by atoms with E-state index >= 15 is 0 Å². The Morgan fingerprint density at radius 2 is 1.53 bits per heavy atom. The predicted octanol–water partition coefficient (Wildman–Crippen LogP) is 3.69. The predicted molar refractivity (Wildman–Crippen MR) is 168 cm³/mol. The van der Waals surface area contributed by atoms with Crippen molar-refractivity contribution in [3.05, 3.63) is 0 Å². The topological polar surface area (TPSA) is 144 Å². The third-order valence-electron chi connectivity index (χ3n) is 16.4. The van der Waals surface area contributed by atoms with Gasteiger partial charge in [-0.2, -0.15) is 0 Å². The molecule has 8 aliphatic rings. The molecule has 0 bridgehead atoms. The molecule has 0 aromatic carbocycles. The molecule has 47 heavy (non-hydrogen) atoms. The van der Waals surface area contributed by atoms with Crippen LogP contribution >= 0.6 is 0 Å². The van der Waals surface area contributed by atoms with Crippen LogP contribution in [0.5, 0.6) is 0 Å². The molecule has 8 rings (SSSR count). The molecular weight excluding hydrogens is 604 g/mol. The van der Waals surface area contributed by atoms with Gasteiger partial charge >= 0.3 is 5.97 Å². The van der Waals surface area contributed by atoms with Crippen LogP contribution in [0.2, 0.25) is 0 Å². The fraction of sp³-hybridized carbons (Fsp3) is 0.973. The standard InChI is InChI=1S/C37H58O10/c1-18-25-20(46-37(42)28(18)47-32(5,6)30(37)41)15-34(8)23-10-9-22-31(3,4)24(11-12-35(22)17-36(23,35)14-13-33(25,34)7)45-29-27(40)26(39)21(16-43-29)44-19(2)38/h18,20-30,39-42H,9-17H2,1-8H3/t18-,20-,21+,22+,23-,24+,25-,26+,27-,28+,29+,30+,33+,34+,35+,36-,37-/m1/s1. The van der Waals surface area contributed by atoms with Gasteiger partial charge in [-0.25, -0.2) is 0 Å². The third-order valence-corrected chi connectivity index (χ3v) is 16.4.